The number of hydrogen-bond acceptors (Lipinski definition) is 3. The number of carbonyl (C=O) groups is 1. The Labute approximate surface area is 135 Å². The molecule has 23 heavy (non-hydrogen) atoms. The van der Waals surface area contributed by atoms with Crippen LogP contribution >= 0.6 is 0 Å². The second-order valence-electron chi connectivity index (χ2n) is 5.87. The van der Waals surface area contributed by atoms with Gasteiger partial charge in [0.1, 0.15) is 11.5 Å². The number of nitrogens with zero attached hydrogens (tertiary/aromatic N) is 2. The van der Waals surface area contributed by atoms with Crippen molar-refractivity contribution >= 4 is 5.91 Å². The molecular weight excluding hydrogens is 290 g/mol. The minimum absolute atomic E-state index is 0.0483. The van der Waals surface area contributed by atoms with E-state index in [1.165, 1.54) is 0 Å². The summed E-state index contributed by atoms with van der Waals surface area (Å²) >= 11 is 0. The number of aromatic amines is 1. The Hall–Kier alpha value is -2.56. The molecule has 0 aromatic carbocycles. The van der Waals surface area contributed by atoms with E-state index < -0.39 is 0 Å². The summed E-state index contributed by atoms with van der Waals surface area (Å²) in [5.74, 6) is 1.44. The van der Waals surface area contributed by atoms with Crippen LogP contribution in [0, 0.1) is 6.92 Å². The minimum Gasteiger partial charge on any atom is -0.460 e. The van der Waals surface area contributed by atoms with Gasteiger partial charge < -0.3 is 9.32 Å². The van der Waals surface area contributed by atoms with Crippen LogP contribution in [0.15, 0.2) is 47.4 Å². The molecule has 2 aromatic heterocycles. The number of aryl methyl sites for hydroxylation is 1. The van der Waals surface area contributed by atoms with Gasteiger partial charge in [0.15, 0.2) is 11.5 Å². The monoisotopic (exact) mass is 311 g/mol. The molecule has 3 rings (SSSR count). The fraction of sp³-hybridized carbons (Fsp3) is 0.333. The fourth-order valence-electron chi connectivity index (χ4n) is 2.99. The highest BCUT2D eigenvalue weighted by Gasteiger charge is 2.30. The molecule has 1 N–H and O–H groups in total. The predicted octanol–water partition coefficient (Wildman–Crippen LogP) is 3.71. The number of carbonyl (C=O) groups excluding carboxylic acids is 1. The molecular formula is C18H21N3O2. The molecule has 1 aliphatic heterocycles. The van der Waals surface area contributed by atoms with Crippen LogP contribution in [0.5, 0.6) is 0 Å². The smallest absolute Gasteiger partial charge is 0.275 e. The molecule has 5 heteroatoms. The Morgan fingerprint density at radius 1 is 1.57 bits per heavy atom. The van der Waals surface area contributed by atoms with Crippen molar-refractivity contribution in [2.75, 3.05) is 0 Å². The summed E-state index contributed by atoms with van der Waals surface area (Å²) in [6.45, 7) is 7.70. The Bertz CT molecular complexity index is 741. The third-order valence-electron chi connectivity index (χ3n) is 4.13. The van der Waals surface area contributed by atoms with Gasteiger partial charge in [-0.15, -0.1) is 6.58 Å². The van der Waals surface area contributed by atoms with Gasteiger partial charge in [0.2, 0.25) is 0 Å². The van der Waals surface area contributed by atoms with Crippen molar-refractivity contribution in [2.45, 2.75) is 38.8 Å². The highest BCUT2D eigenvalue weighted by Crippen LogP contribution is 2.25. The normalized spacial score (nSPS) is 20.7. The summed E-state index contributed by atoms with van der Waals surface area (Å²) in [5, 5.41) is 7.07. The average molecular weight is 311 g/mol. The van der Waals surface area contributed by atoms with Crippen LogP contribution < -0.4 is 0 Å². The maximum Gasteiger partial charge on any atom is 0.275 e. The first-order valence-corrected chi connectivity index (χ1v) is 7.82. The highest BCUT2D eigenvalue weighted by molar-refractivity contribution is 5.94. The van der Waals surface area contributed by atoms with E-state index in [4.69, 9.17) is 4.42 Å². The molecule has 0 bridgehead atoms. The maximum atomic E-state index is 12.9. The first-order valence-electron chi connectivity index (χ1n) is 7.82. The van der Waals surface area contributed by atoms with Gasteiger partial charge in [-0.1, -0.05) is 18.2 Å². The molecule has 0 fully saturated rings. The van der Waals surface area contributed by atoms with Crippen LogP contribution in [-0.2, 0) is 0 Å². The first-order chi connectivity index (χ1) is 11.1. The third kappa shape index (κ3) is 2.99. The van der Waals surface area contributed by atoms with Crippen LogP contribution in [0.4, 0.5) is 0 Å². The van der Waals surface area contributed by atoms with E-state index in [0.717, 1.165) is 18.6 Å². The Morgan fingerprint density at radius 3 is 3.09 bits per heavy atom. The molecule has 0 spiro atoms. The highest BCUT2D eigenvalue weighted by atomic mass is 16.3. The van der Waals surface area contributed by atoms with Gasteiger partial charge in [-0.25, -0.2) is 0 Å². The molecule has 2 atom stereocenters. The van der Waals surface area contributed by atoms with E-state index in [9.17, 15) is 4.79 Å². The van der Waals surface area contributed by atoms with Gasteiger partial charge in [0.05, 0.1) is 0 Å². The van der Waals surface area contributed by atoms with Crippen molar-refractivity contribution in [1.82, 2.24) is 15.1 Å². The van der Waals surface area contributed by atoms with E-state index >= 15 is 0 Å². The number of H-pyrrole nitrogens is 1. The molecule has 1 aliphatic rings. The first kappa shape index (κ1) is 15.3. The zero-order valence-corrected chi connectivity index (χ0v) is 13.5. The maximum absolute atomic E-state index is 12.9. The van der Waals surface area contributed by atoms with Crippen LogP contribution in [0.2, 0.25) is 0 Å². The van der Waals surface area contributed by atoms with E-state index in [0.29, 0.717) is 17.1 Å². The summed E-state index contributed by atoms with van der Waals surface area (Å²) in [6, 6.07) is 5.67. The summed E-state index contributed by atoms with van der Waals surface area (Å²) in [6.07, 6.45) is 7.66. The van der Waals surface area contributed by atoms with Crippen molar-refractivity contribution in [3.8, 4) is 11.5 Å². The van der Waals surface area contributed by atoms with Crippen LogP contribution in [0.3, 0.4) is 0 Å². The summed E-state index contributed by atoms with van der Waals surface area (Å²) in [4.78, 5) is 14.8. The van der Waals surface area contributed by atoms with Gasteiger partial charge in [-0.05, 0) is 38.8 Å². The Morgan fingerprint density at radius 2 is 2.39 bits per heavy atom. The van der Waals surface area contributed by atoms with Gasteiger partial charge >= 0.3 is 0 Å². The zero-order valence-electron chi connectivity index (χ0n) is 13.5. The van der Waals surface area contributed by atoms with Gasteiger partial charge in [-0.3, -0.25) is 9.89 Å². The van der Waals surface area contributed by atoms with Crippen LogP contribution in [0.1, 0.15) is 36.0 Å². The second-order valence-corrected chi connectivity index (χ2v) is 5.87. The predicted molar refractivity (Wildman–Crippen MR) is 89.0 cm³/mol. The lowest BCUT2D eigenvalue weighted by atomic mass is 9.99. The van der Waals surface area contributed by atoms with Crippen molar-refractivity contribution in [3.63, 3.8) is 0 Å². The molecule has 2 aromatic rings. The van der Waals surface area contributed by atoms with Crippen molar-refractivity contribution in [3.05, 3.63) is 54.5 Å². The molecule has 3 heterocycles. The quantitative estimate of drug-likeness (QED) is 0.875. The van der Waals surface area contributed by atoms with Crippen molar-refractivity contribution < 1.29 is 9.21 Å². The number of rotatable bonds is 4. The SMILES string of the molecule is C=CC[C@@H]1CC=C[C@@H](C)N1C(=O)c1cc(-c2ccc(C)o2)[nH]n1. The lowest BCUT2D eigenvalue weighted by molar-refractivity contribution is 0.0616. The molecule has 0 radical (unpaired) electrons. The second kappa shape index (κ2) is 6.28. The Kier molecular flexibility index (Phi) is 4.19. The molecule has 0 aliphatic carbocycles. The summed E-state index contributed by atoms with van der Waals surface area (Å²) in [5.41, 5.74) is 1.12. The van der Waals surface area contributed by atoms with Crippen LogP contribution in [-0.4, -0.2) is 33.1 Å². The number of nitrogens with one attached hydrogen (secondary N) is 1. The fourth-order valence-corrected chi connectivity index (χ4v) is 2.99. The van der Waals surface area contributed by atoms with Crippen molar-refractivity contribution in [1.29, 1.82) is 0 Å². The zero-order chi connectivity index (χ0) is 16.4. The lowest BCUT2D eigenvalue weighted by Crippen LogP contribution is -2.47. The largest absolute Gasteiger partial charge is 0.460 e. The average Bonchev–Trinajstić information content (AvgIpc) is 3.16. The molecule has 120 valence electrons. The third-order valence-corrected chi connectivity index (χ3v) is 4.13. The van der Waals surface area contributed by atoms with Gasteiger partial charge in [0, 0.05) is 18.2 Å². The molecule has 5 nitrogen and oxygen atoms in total. The standard InChI is InChI=1S/C18H21N3O2/c1-4-6-14-8-5-7-12(2)21(14)18(22)16-11-15(19-20-16)17-10-9-13(3)23-17/h4-5,7,9-12,14H,1,6,8H2,2-3H3,(H,19,20)/t12-,14-/m1/s1. The van der Waals surface area contributed by atoms with E-state index in [1.54, 1.807) is 6.07 Å². The van der Waals surface area contributed by atoms with E-state index in [-0.39, 0.29) is 18.0 Å². The number of furan rings is 1. The number of amides is 1. The van der Waals surface area contributed by atoms with Crippen LogP contribution in [0.25, 0.3) is 11.5 Å². The minimum atomic E-state index is -0.0699. The summed E-state index contributed by atoms with van der Waals surface area (Å²) < 4.78 is 5.57. The van der Waals surface area contributed by atoms with Gasteiger partial charge in [-0.2, -0.15) is 5.10 Å². The van der Waals surface area contributed by atoms with Gasteiger partial charge in [0.25, 0.3) is 5.91 Å². The molecule has 1 amide bonds. The number of aromatic nitrogens is 2. The lowest BCUT2D eigenvalue weighted by Gasteiger charge is -2.37. The number of hydrogen-bond donors (Lipinski definition) is 1. The van der Waals surface area contributed by atoms with E-state index in [1.807, 2.05) is 37.0 Å². The van der Waals surface area contributed by atoms with Crippen molar-refractivity contribution in [2.24, 2.45) is 0 Å². The Balaban J connectivity index is 1.86. The summed E-state index contributed by atoms with van der Waals surface area (Å²) in [7, 11) is 0. The molecule has 0 saturated heterocycles. The molecule has 0 saturated carbocycles. The molecule has 0 unspecified atom stereocenters. The van der Waals surface area contributed by atoms with E-state index in [2.05, 4.69) is 28.9 Å². The topological polar surface area (TPSA) is 62.1 Å².